The molecule has 0 saturated heterocycles. The summed E-state index contributed by atoms with van der Waals surface area (Å²) in [6.45, 7) is 6.66. The lowest BCUT2D eigenvalue weighted by atomic mass is 9.61. The van der Waals surface area contributed by atoms with Crippen molar-refractivity contribution in [3.8, 4) is 0 Å². The van der Waals surface area contributed by atoms with Gasteiger partial charge in [-0.25, -0.2) is 9.59 Å². The van der Waals surface area contributed by atoms with Crippen molar-refractivity contribution in [1.82, 2.24) is 0 Å². The van der Waals surface area contributed by atoms with Gasteiger partial charge in [0.15, 0.2) is 0 Å². The van der Waals surface area contributed by atoms with Crippen LogP contribution >= 0.6 is 0 Å². The summed E-state index contributed by atoms with van der Waals surface area (Å²) in [6, 6.07) is 0. The number of carbonyl (C=O) groups is 3. The minimum Gasteiger partial charge on any atom is -0.478 e. The number of aliphatic hydroxyl groups excluding tert-OH is 2. The zero-order valence-corrected chi connectivity index (χ0v) is 22.8. The number of esters is 2. The lowest BCUT2D eigenvalue weighted by Gasteiger charge is -2.46. The van der Waals surface area contributed by atoms with Crippen LogP contribution in [0.5, 0.6) is 0 Å². The number of carbonyl (C=O) groups excluding carboxylic acids is 2. The molecule has 0 amide bonds. The van der Waals surface area contributed by atoms with Crippen LogP contribution < -0.4 is 0 Å². The third-order valence-electron chi connectivity index (χ3n) is 8.58. The largest absolute Gasteiger partial charge is 0.478 e. The van der Waals surface area contributed by atoms with E-state index in [2.05, 4.69) is 13.8 Å². The Bertz CT molecular complexity index is 992. The molecule has 0 spiro atoms. The lowest BCUT2D eigenvalue weighted by molar-refractivity contribution is -0.181. The van der Waals surface area contributed by atoms with E-state index in [1.54, 1.807) is 6.08 Å². The second kappa shape index (κ2) is 12.6. The Hall–Kier alpha value is -2.49. The molecule has 0 aromatic heterocycles. The van der Waals surface area contributed by atoms with Gasteiger partial charge in [-0.1, -0.05) is 45.9 Å². The highest BCUT2D eigenvalue weighted by atomic mass is 16.6. The molecule has 1 fully saturated rings. The van der Waals surface area contributed by atoms with Crippen LogP contribution in [-0.2, 0) is 23.9 Å². The fourth-order valence-electron chi connectivity index (χ4n) is 6.36. The molecule has 2 aliphatic carbocycles. The van der Waals surface area contributed by atoms with Crippen molar-refractivity contribution in [3.63, 3.8) is 0 Å². The van der Waals surface area contributed by atoms with E-state index in [1.165, 1.54) is 6.08 Å². The summed E-state index contributed by atoms with van der Waals surface area (Å²) < 4.78 is 10.7. The topological polar surface area (TPSA) is 151 Å². The van der Waals surface area contributed by atoms with Crippen molar-refractivity contribution in [1.29, 1.82) is 0 Å². The van der Waals surface area contributed by atoms with Crippen molar-refractivity contribution in [2.45, 2.75) is 59.0 Å². The van der Waals surface area contributed by atoms with Crippen molar-refractivity contribution in [2.24, 2.45) is 41.4 Å². The van der Waals surface area contributed by atoms with E-state index in [9.17, 15) is 34.8 Å². The van der Waals surface area contributed by atoms with E-state index in [4.69, 9.17) is 9.47 Å². The molecule has 9 heteroatoms. The maximum Gasteiger partial charge on any atom is 0.336 e. The number of fused-ring (bicyclic) bond motifs is 1. The third kappa shape index (κ3) is 6.55. The highest BCUT2D eigenvalue weighted by molar-refractivity contribution is 5.89. The number of allylic oxidation sites excluding steroid dienone is 3. The van der Waals surface area contributed by atoms with E-state index in [0.29, 0.717) is 12.3 Å². The van der Waals surface area contributed by atoms with Crippen LogP contribution in [0, 0.1) is 41.4 Å². The average molecular weight is 535 g/mol. The van der Waals surface area contributed by atoms with E-state index in [1.807, 2.05) is 19.9 Å². The minimum absolute atomic E-state index is 0.0364. The predicted octanol–water partition coefficient (Wildman–Crippen LogP) is 2.65. The van der Waals surface area contributed by atoms with Gasteiger partial charge in [0.1, 0.15) is 18.8 Å². The second-order valence-electron chi connectivity index (χ2n) is 11.6. The van der Waals surface area contributed by atoms with Crippen molar-refractivity contribution in [2.75, 3.05) is 26.4 Å². The van der Waals surface area contributed by atoms with E-state index in [-0.39, 0.29) is 54.5 Å². The monoisotopic (exact) mass is 534 g/mol. The summed E-state index contributed by atoms with van der Waals surface area (Å²) in [6.07, 6.45) is 7.46. The van der Waals surface area contributed by atoms with Gasteiger partial charge in [-0.2, -0.15) is 0 Å². The first-order valence-corrected chi connectivity index (χ1v) is 13.5. The molecule has 0 bridgehead atoms. The molecule has 6 atom stereocenters. The number of ether oxygens (including phenoxy) is 2. The minimum atomic E-state index is -1.75. The smallest absolute Gasteiger partial charge is 0.336 e. The summed E-state index contributed by atoms with van der Waals surface area (Å²) >= 11 is 0. The Balaban J connectivity index is 1.84. The molecule has 3 aliphatic rings. The van der Waals surface area contributed by atoms with Gasteiger partial charge >= 0.3 is 17.9 Å². The van der Waals surface area contributed by atoms with Crippen LogP contribution in [0.15, 0.2) is 34.9 Å². The second-order valence-corrected chi connectivity index (χ2v) is 11.6. The van der Waals surface area contributed by atoms with Gasteiger partial charge in [0.2, 0.25) is 0 Å². The number of cyclic esters (lactones) is 1. The van der Waals surface area contributed by atoms with Crippen LogP contribution in [-0.4, -0.2) is 70.4 Å². The molecule has 3 rings (SSSR count). The predicted molar refractivity (Wildman–Crippen MR) is 139 cm³/mol. The molecule has 4 N–H and O–H groups in total. The number of hydrogen-bond donors (Lipinski definition) is 4. The highest BCUT2D eigenvalue weighted by Gasteiger charge is 2.54. The van der Waals surface area contributed by atoms with Gasteiger partial charge in [0, 0.05) is 0 Å². The fraction of sp³-hybridized carbons (Fsp3) is 0.690. The van der Waals surface area contributed by atoms with E-state index < -0.39 is 48.6 Å². The third-order valence-corrected chi connectivity index (χ3v) is 8.58. The molecule has 0 aromatic rings. The molecule has 0 radical (unpaired) electrons. The molecular weight excluding hydrogens is 492 g/mol. The quantitative estimate of drug-likeness (QED) is 0.199. The molecule has 9 nitrogen and oxygen atoms in total. The zero-order valence-electron chi connectivity index (χ0n) is 22.8. The van der Waals surface area contributed by atoms with Gasteiger partial charge in [-0.3, -0.25) is 4.79 Å². The van der Waals surface area contributed by atoms with Crippen molar-refractivity contribution >= 4 is 17.9 Å². The summed E-state index contributed by atoms with van der Waals surface area (Å²) in [5.41, 5.74) is -0.852. The van der Waals surface area contributed by atoms with Gasteiger partial charge in [0.05, 0.1) is 30.3 Å². The maximum atomic E-state index is 13.0. The van der Waals surface area contributed by atoms with Crippen LogP contribution in [0.2, 0.25) is 0 Å². The SMILES string of the molecule is CC(C)[C@H]1CC[C@@](O)(COC(=O)/C(=C/[C@H]2C=C(CO)CC[C@H]2C(C)C)CO)[C@@H]2C(=O)OCC(C(=O)O)=C[C@H]12. The molecule has 0 unspecified atom stereocenters. The number of carboxylic acids is 1. The fourth-order valence-corrected chi connectivity index (χ4v) is 6.36. The molecule has 212 valence electrons. The summed E-state index contributed by atoms with van der Waals surface area (Å²) in [4.78, 5) is 37.8. The van der Waals surface area contributed by atoms with Gasteiger partial charge in [-0.05, 0) is 66.8 Å². The Morgan fingerprint density at radius 1 is 1.13 bits per heavy atom. The van der Waals surface area contributed by atoms with E-state index >= 15 is 0 Å². The van der Waals surface area contributed by atoms with Crippen molar-refractivity contribution in [3.05, 3.63) is 34.9 Å². The highest BCUT2D eigenvalue weighted by Crippen LogP contribution is 2.47. The summed E-state index contributed by atoms with van der Waals surface area (Å²) in [5.74, 6) is -3.91. The van der Waals surface area contributed by atoms with Gasteiger partial charge < -0.3 is 29.9 Å². The van der Waals surface area contributed by atoms with Gasteiger partial charge in [-0.15, -0.1) is 0 Å². The molecule has 1 aliphatic heterocycles. The standard InChI is InChI=1S/C29H42O9/c1-16(2)22-6-5-18(12-30)9-19(22)10-20(13-31)27(34)38-15-29(36)8-7-23(17(3)4)24-11-21(26(32)33)14-37-28(35)25(24)29/h9-11,16-17,19,22-25,30-31,36H,5-8,12-15H2,1-4H3,(H,32,33)/b20-10+/t19-,22+,23-,24-,25+,29-/m1/s1. The molecule has 1 saturated carbocycles. The van der Waals surface area contributed by atoms with Crippen LogP contribution in [0.1, 0.15) is 53.4 Å². The first kappa shape index (κ1) is 30.1. The molecule has 1 heterocycles. The number of rotatable bonds is 9. The summed E-state index contributed by atoms with van der Waals surface area (Å²) in [7, 11) is 0. The van der Waals surface area contributed by atoms with Crippen molar-refractivity contribution < 1.29 is 44.3 Å². The first-order valence-electron chi connectivity index (χ1n) is 13.5. The normalized spacial score (nSPS) is 32.2. The van der Waals surface area contributed by atoms with Crippen LogP contribution in [0.4, 0.5) is 0 Å². The number of aliphatic hydroxyl groups is 3. The van der Waals surface area contributed by atoms with Crippen LogP contribution in [0.3, 0.4) is 0 Å². The Labute approximate surface area is 224 Å². The van der Waals surface area contributed by atoms with Crippen LogP contribution in [0.25, 0.3) is 0 Å². The Morgan fingerprint density at radius 2 is 1.82 bits per heavy atom. The number of aliphatic carboxylic acids is 1. The van der Waals surface area contributed by atoms with E-state index in [0.717, 1.165) is 18.4 Å². The maximum absolute atomic E-state index is 13.0. The average Bonchev–Trinajstić information content (AvgIpc) is 3.05. The summed E-state index contributed by atoms with van der Waals surface area (Å²) in [5, 5.41) is 40.7. The Kier molecular flexibility index (Phi) is 9.95. The molecule has 38 heavy (non-hydrogen) atoms. The molecule has 0 aromatic carbocycles. The number of hydrogen-bond acceptors (Lipinski definition) is 8. The first-order chi connectivity index (χ1) is 17.9. The Morgan fingerprint density at radius 3 is 2.39 bits per heavy atom. The van der Waals surface area contributed by atoms with Gasteiger partial charge in [0.25, 0.3) is 0 Å². The number of carboxylic acid groups (broad SMARTS) is 1. The zero-order chi connectivity index (χ0) is 28.2. The molecular formula is C29H42O9. The lowest BCUT2D eigenvalue weighted by Crippen LogP contribution is -2.55.